The number of methoxy groups -OCH3 is 1. The monoisotopic (exact) mass is 396 g/mol. The predicted octanol–water partition coefficient (Wildman–Crippen LogP) is 2.80. The molecule has 2 aromatic rings. The van der Waals surface area contributed by atoms with E-state index in [1.54, 1.807) is 43.3 Å². The van der Waals surface area contributed by atoms with Gasteiger partial charge in [0.2, 0.25) is 5.90 Å². The zero-order valence-corrected chi connectivity index (χ0v) is 15.6. The van der Waals surface area contributed by atoms with Gasteiger partial charge in [-0.2, -0.15) is 0 Å². The van der Waals surface area contributed by atoms with Crippen LogP contribution in [0.25, 0.3) is 6.08 Å². The summed E-state index contributed by atoms with van der Waals surface area (Å²) in [4.78, 5) is 37.9. The summed E-state index contributed by atoms with van der Waals surface area (Å²) in [5.41, 5.74) is 1.47. The van der Waals surface area contributed by atoms with E-state index in [9.17, 15) is 19.7 Å². The smallest absolute Gasteiger partial charge is 0.363 e. The Morgan fingerprint density at radius 2 is 1.97 bits per heavy atom. The molecule has 3 rings (SSSR count). The van der Waals surface area contributed by atoms with Gasteiger partial charge in [-0.05, 0) is 36.8 Å². The molecule has 0 unspecified atom stereocenters. The Kier molecular flexibility index (Phi) is 5.68. The Morgan fingerprint density at radius 1 is 1.24 bits per heavy atom. The van der Waals surface area contributed by atoms with Crippen LogP contribution >= 0.6 is 0 Å². The quantitative estimate of drug-likeness (QED) is 0.319. The number of aliphatic imine (C=N–C) groups is 1. The van der Waals surface area contributed by atoms with E-state index in [2.05, 4.69) is 9.73 Å². The summed E-state index contributed by atoms with van der Waals surface area (Å²) in [6.07, 6.45) is 1.52. The van der Waals surface area contributed by atoms with E-state index in [-0.39, 0.29) is 23.9 Å². The number of hydrogen-bond donors (Lipinski definition) is 0. The molecule has 0 saturated heterocycles. The number of nitro benzene ring substituents is 1. The minimum absolute atomic E-state index is 0.00221. The van der Waals surface area contributed by atoms with Crippen molar-refractivity contribution in [1.82, 2.24) is 0 Å². The van der Waals surface area contributed by atoms with Crippen LogP contribution in [-0.2, 0) is 19.1 Å². The topological polar surface area (TPSA) is 117 Å². The third kappa shape index (κ3) is 4.64. The van der Waals surface area contributed by atoms with Gasteiger partial charge in [-0.25, -0.2) is 14.6 Å². The van der Waals surface area contributed by atoms with Crippen molar-refractivity contribution in [3.8, 4) is 5.75 Å². The lowest BCUT2D eigenvalue weighted by atomic mass is 10.1. The minimum atomic E-state index is -0.658. The summed E-state index contributed by atoms with van der Waals surface area (Å²) in [6.45, 7) is 1.41. The Balaban J connectivity index is 1.79. The molecule has 0 saturated carbocycles. The molecule has 1 aliphatic rings. The highest BCUT2D eigenvalue weighted by Crippen LogP contribution is 2.24. The van der Waals surface area contributed by atoms with Gasteiger partial charge in [-0.15, -0.1) is 0 Å². The van der Waals surface area contributed by atoms with Crippen molar-refractivity contribution >= 4 is 29.6 Å². The lowest BCUT2D eigenvalue weighted by Crippen LogP contribution is -2.12. The third-order valence-electron chi connectivity index (χ3n) is 4.04. The van der Waals surface area contributed by atoms with E-state index < -0.39 is 16.9 Å². The fourth-order valence-electron chi connectivity index (χ4n) is 2.49. The number of nitro groups is 1. The molecule has 29 heavy (non-hydrogen) atoms. The number of carbonyl (C=O) groups is 2. The molecule has 0 fully saturated rings. The molecule has 0 aliphatic carbocycles. The fraction of sp³-hybridized carbons (Fsp3) is 0.150. The summed E-state index contributed by atoms with van der Waals surface area (Å²) in [6, 6.07) is 11.1. The summed E-state index contributed by atoms with van der Waals surface area (Å²) in [7, 11) is 1.27. The van der Waals surface area contributed by atoms with Crippen LogP contribution < -0.4 is 4.74 Å². The van der Waals surface area contributed by atoms with Crippen molar-refractivity contribution in [2.24, 2.45) is 4.99 Å². The molecule has 0 aromatic heterocycles. The van der Waals surface area contributed by atoms with E-state index in [0.29, 0.717) is 22.4 Å². The maximum atomic E-state index is 12.1. The maximum Gasteiger partial charge on any atom is 0.363 e. The molecule has 0 atom stereocenters. The van der Waals surface area contributed by atoms with Crippen LogP contribution in [0.5, 0.6) is 5.75 Å². The van der Waals surface area contributed by atoms with Gasteiger partial charge in [-0.1, -0.05) is 18.2 Å². The van der Waals surface area contributed by atoms with Crippen molar-refractivity contribution in [2.45, 2.75) is 6.92 Å². The Labute approximate surface area is 165 Å². The largest absolute Gasteiger partial charge is 0.482 e. The van der Waals surface area contributed by atoms with Crippen LogP contribution in [0.3, 0.4) is 0 Å². The van der Waals surface area contributed by atoms with Crippen molar-refractivity contribution in [2.75, 3.05) is 13.7 Å². The highest BCUT2D eigenvalue weighted by molar-refractivity contribution is 6.13. The molecule has 0 radical (unpaired) electrons. The second-order valence-electron chi connectivity index (χ2n) is 6.03. The van der Waals surface area contributed by atoms with Crippen LogP contribution in [0.2, 0.25) is 0 Å². The number of benzene rings is 2. The lowest BCUT2D eigenvalue weighted by Gasteiger charge is -2.04. The van der Waals surface area contributed by atoms with E-state index in [1.165, 1.54) is 19.3 Å². The van der Waals surface area contributed by atoms with Crippen LogP contribution in [-0.4, -0.2) is 36.5 Å². The molecule has 2 aromatic carbocycles. The number of ether oxygens (including phenoxy) is 3. The van der Waals surface area contributed by atoms with Crippen molar-refractivity contribution in [3.63, 3.8) is 0 Å². The highest BCUT2D eigenvalue weighted by Gasteiger charge is 2.25. The Hall–Kier alpha value is -4.01. The number of carbonyl (C=O) groups excluding carboxylic acids is 2. The average Bonchev–Trinajstić information content (AvgIpc) is 3.07. The van der Waals surface area contributed by atoms with E-state index in [1.807, 2.05) is 0 Å². The Morgan fingerprint density at radius 3 is 2.62 bits per heavy atom. The van der Waals surface area contributed by atoms with Gasteiger partial charge in [0.05, 0.1) is 12.0 Å². The number of rotatable bonds is 6. The fourth-order valence-corrected chi connectivity index (χ4v) is 2.49. The number of cyclic esters (lactones) is 1. The van der Waals surface area contributed by atoms with Crippen molar-refractivity contribution in [3.05, 3.63) is 75.0 Å². The number of esters is 2. The second-order valence-corrected chi connectivity index (χ2v) is 6.03. The first-order chi connectivity index (χ1) is 13.9. The molecule has 1 aliphatic heterocycles. The number of hydrogen-bond acceptors (Lipinski definition) is 8. The summed E-state index contributed by atoms with van der Waals surface area (Å²) >= 11 is 0. The average molecular weight is 396 g/mol. The summed E-state index contributed by atoms with van der Waals surface area (Å²) in [5.74, 6) is -0.692. The molecule has 0 N–H and O–H groups in total. The van der Waals surface area contributed by atoms with Gasteiger partial charge >= 0.3 is 11.9 Å². The first kappa shape index (κ1) is 19.7. The summed E-state index contributed by atoms with van der Waals surface area (Å²) in [5, 5.41) is 11.1. The molecular weight excluding hydrogens is 380 g/mol. The zero-order valence-electron chi connectivity index (χ0n) is 15.6. The van der Waals surface area contributed by atoms with Gasteiger partial charge < -0.3 is 14.2 Å². The SMILES string of the molecule is COC(=O)COc1ccc(/C=C2\N=C(c3ccc(C)c([N+](=O)[O-])c3)OC2=O)cc1. The molecule has 9 nitrogen and oxygen atoms in total. The molecule has 0 amide bonds. The van der Waals surface area contributed by atoms with Gasteiger partial charge in [0.15, 0.2) is 12.3 Å². The second kappa shape index (κ2) is 8.34. The molecule has 148 valence electrons. The minimum Gasteiger partial charge on any atom is -0.482 e. The standard InChI is InChI=1S/C20H16N2O7/c1-12-3-6-14(10-17(12)22(25)26)19-21-16(20(24)29-19)9-13-4-7-15(8-5-13)28-11-18(23)27-2/h3-10H,11H2,1-2H3/b16-9-. The highest BCUT2D eigenvalue weighted by atomic mass is 16.6. The number of aryl methyl sites for hydroxylation is 1. The van der Waals surface area contributed by atoms with Crippen LogP contribution in [0.15, 0.2) is 53.2 Å². The van der Waals surface area contributed by atoms with Crippen molar-refractivity contribution in [1.29, 1.82) is 0 Å². The first-order valence-corrected chi connectivity index (χ1v) is 8.45. The van der Waals surface area contributed by atoms with Gasteiger partial charge in [0, 0.05) is 17.2 Å². The number of nitrogens with zero attached hydrogens (tertiary/aromatic N) is 2. The van der Waals surface area contributed by atoms with E-state index in [0.717, 1.165) is 0 Å². The van der Waals surface area contributed by atoms with Gasteiger partial charge in [0.25, 0.3) is 5.69 Å². The predicted molar refractivity (Wildman–Crippen MR) is 102 cm³/mol. The third-order valence-corrected chi connectivity index (χ3v) is 4.04. The molecule has 1 heterocycles. The normalized spacial score (nSPS) is 14.3. The molecule has 0 spiro atoms. The van der Waals surface area contributed by atoms with Crippen LogP contribution in [0, 0.1) is 17.0 Å². The first-order valence-electron chi connectivity index (χ1n) is 8.45. The maximum absolute atomic E-state index is 12.1. The van der Waals surface area contributed by atoms with Crippen molar-refractivity contribution < 1.29 is 28.7 Å². The summed E-state index contributed by atoms with van der Waals surface area (Å²) < 4.78 is 14.9. The van der Waals surface area contributed by atoms with Gasteiger partial charge in [0.1, 0.15) is 5.75 Å². The van der Waals surface area contributed by atoms with Gasteiger partial charge in [-0.3, -0.25) is 10.1 Å². The van der Waals surface area contributed by atoms with E-state index >= 15 is 0 Å². The van der Waals surface area contributed by atoms with E-state index in [4.69, 9.17) is 9.47 Å². The molecule has 9 heteroatoms. The molecule has 0 bridgehead atoms. The zero-order chi connectivity index (χ0) is 21.0. The molecular formula is C20H16N2O7. The Bertz CT molecular complexity index is 1040. The van der Waals surface area contributed by atoms with Crippen LogP contribution in [0.4, 0.5) is 5.69 Å². The lowest BCUT2D eigenvalue weighted by molar-refractivity contribution is -0.385. The van der Waals surface area contributed by atoms with Crippen LogP contribution in [0.1, 0.15) is 16.7 Å².